The molecule has 1 aliphatic rings. The normalized spacial score (nSPS) is 14.1. The fraction of sp³-hybridized carbons (Fsp3) is 0.200. The van der Waals surface area contributed by atoms with E-state index in [4.69, 9.17) is 17.1 Å². The molecule has 0 fully saturated rings. The van der Waals surface area contributed by atoms with Crippen molar-refractivity contribution in [3.8, 4) is 0 Å². The largest absolute Gasteiger partial charge is 0.361 e. The van der Waals surface area contributed by atoms with Crippen molar-refractivity contribution in [2.24, 2.45) is 0 Å². The lowest BCUT2D eigenvalue weighted by Crippen LogP contribution is -2.08. The molecular weight excluding hydrogens is 200 g/mol. The van der Waals surface area contributed by atoms with Crippen molar-refractivity contribution < 1.29 is 9.58 Å². The first-order valence-corrected chi connectivity index (χ1v) is 4.56. The van der Waals surface area contributed by atoms with Gasteiger partial charge in [-0.2, -0.15) is 4.79 Å². The molecule has 0 N–H and O–H groups in total. The molecule has 0 aromatic heterocycles. The Morgan fingerprint density at radius 1 is 1.50 bits per heavy atom. The SMILES string of the molecule is Cc1ccc(Cl)c2c1CC(=[N+]=[N-])C2=O. The van der Waals surface area contributed by atoms with E-state index in [0.717, 1.165) is 11.1 Å². The number of hydrogen-bond acceptors (Lipinski definition) is 1. The minimum atomic E-state index is -0.267. The van der Waals surface area contributed by atoms with Gasteiger partial charge in [0.1, 0.15) is 0 Å². The van der Waals surface area contributed by atoms with Crippen LogP contribution in [0.3, 0.4) is 0 Å². The van der Waals surface area contributed by atoms with Crippen molar-refractivity contribution in [2.45, 2.75) is 13.3 Å². The van der Waals surface area contributed by atoms with Crippen LogP contribution in [0.25, 0.3) is 5.53 Å². The molecular formula is C10H7ClN2O. The van der Waals surface area contributed by atoms with Crippen LogP contribution in [0.4, 0.5) is 0 Å². The Hall–Kier alpha value is -1.44. The highest BCUT2D eigenvalue weighted by Crippen LogP contribution is 2.29. The first-order chi connectivity index (χ1) is 6.65. The van der Waals surface area contributed by atoms with Crippen LogP contribution in [0.2, 0.25) is 5.02 Å². The summed E-state index contributed by atoms with van der Waals surface area (Å²) in [6, 6.07) is 3.54. The van der Waals surface area contributed by atoms with E-state index >= 15 is 0 Å². The molecule has 2 rings (SSSR count). The van der Waals surface area contributed by atoms with E-state index in [-0.39, 0.29) is 11.5 Å². The second-order valence-electron chi connectivity index (χ2n) is 3.27. The summed E-state index contributed by atoms with van der Waals surface area (Å²) in [5.74, 6) is -0.267. The van der Waals surface area contributed by atoms with Crippen molar-refractivity contribution in [3.05, 3.63) is 39.4 Å². The lowest BCUT2D eigenvalue weighted by Gasteiger charge is -2.01. The van der Waals surface area contributed by atoms with Gasteiger partial charge in [-0.1, -0.05) is 17.7 Å². The fourth-order valence-corrected chi connectivity index (χ4v) is 1.93. The Kier molecular flexibility index (Phi) is 1.99. The average molecular weight is 207 g/mol. The summed E-state index contributed by atoms with van der Waals surface area (Å²) < 4.78 is 0. The zero-order valence-electron chi connectivity index (χ0n) is 7.54. The number of carbonyl (C=O) groups is 1. The van der Waals surface area contributed by atoms with Crippen LogP contribution >= 0.6 is 11.6 Å². The van der Waals surface area contributed by atoms with E-state index in [1.807, 2.05) is 13.0 Å². The molecule has 0 saturated carbocycles. The summed E-state index contributed by atoms with van der Waals surface area (Å²) in [5.41, 5.74) is 11.1. The standard InChI is InChI=1S/C10H7ClN2O/c1-5-2-3-7(11)9-6(5)4-8(13-12)10(9)14/h2-3H,4H2,1H3. The van der Waals surface area contributed by atoms with Gasteiger partial charge in [0.15, 0.2) is 0 Å². The summed E-state index contributed by atoms with van der Waals surface area (Å²) in [5, 5.41) is 0.425. The number of hydrogen-bond donors (Lipinski definition) is 0. The maximum Gasteiger partial charge on any atom is 0.343 e. The molecule has 0 radical (unpaired) electrons. The van der Waals surface area contributed by atoms with Crippen molar-refractivity contribution in [3.63, 3.8) is 0 Å². The number of halogens is 1. The molecule has 0 amide bonds. The molecule has 0 heterocycles. The van der Waals surface area contributed by atoms with E-state index in [0.29, 0.717) is 17.0 Å². The van der Waals surface area contributed by atoms with Crippen LogP contribution < -0.4 is 0 Å². The Bertz CT molecular complexity index is 487. The van der Waals surface area contributed by atoms with Gasteiger partial charge in [-0.3, -0.25) is 4.79 Å². The average Bonchev–Trinajstić information content (AvgIpc) is 2.51. The molecule has 3 nitrogen and oxygen atoms in total. The summed E-state index contributed by atoms with van der Waals surface area (Å²) in [6.07, 6.45) is 0.372. The highest BCUT2D eigenvalue weighted by molar-refractivity contribution is 6.51. The minimum absolute atomic E-state index is 0.163. The Morgan fingerprint density at radius 3 is 2.79 bits per heavy atom. The van der Waals surface area contributed by atoms with Gasteiger partial charge in [-0.15, -0.1) is 0 Å². The Labute approximate surface area is 85.9 Å². The highest BCUT2D eigenvalue weighted by atomic mass is 35.5. The van der Waals surface area contributed by atoms with Crippen molar-refractivity contribution in [1.82, 2.24) is 0 Å². The van der Waals surface area contributed by atoms with Crippen molar-refractivity contribution in [1.29, 1.82) is 0 Å². The van der Waals surface area contributed by atoms with E-state index in [2.05, 4.69) is 4.79 Å². The molecule has 0 unspecified atom stereocenters. The summed E-state index contributed by atoms with van der Waals surface area (Å²) in [6.45, 7) is 1.91. The molecule has 4 heteroatoms. The molecule has 0 bridgehead atoms. The lowest BCUT2D eigenvalue weighted by molar-refractivity contribution is -0.00762. The molecule has 70 valence electrons. The number of fused-ring (bicyclic) bond motifs is 1. The third-order valence-corrected chi connectivity index (χ3v) is 2.77. The van der Waals surface area contributed by atoms with E-state index in [1.54, 1.807) is 6.07 Å². The molecule has 1 aliphatic carbocycles. The number of carbonyl (C=O) groups excluding carboxylic acids is 1. The fourth-order valence-electron chi connectivity index (χ4n) is 1.67. The topological polar surface area (TPSA) is 53.5 Å². The van der Waals surface area contributed by atoms with E-state index < -0.39 is 0 Å². The minimum Gasteiger partial charge on any atom is -0.361 e. The molecule has 0 saturated heterocycles. The number of ketones is 1. The number of nitrogens with zero attached hydrogens (tertiary/aromatic N) is 2. The van der Waals surface area contributed by atoms with Crippen LogP contribution in [0.1, 0.15) is 21.5 Å². The number of benzene rings is 1. The number of rotatable bonds is 0. The second-order valence-corrected chi connectivity index (χ2v) is 3.68. The lowest BCUT2D eigenvalue weighted by atomic mass is 10.0. The Morgan fingerprint density at radius 2 is 2.21 bits per heavy atom. The molecule has 1 aromatic rings. The predicted molar refractivity (Wildman–Crippen MR) is 52.8 cm³/mol. The zero-order chi connectivity index (χ0) is 10.3. The van der Waals surface area contributed by atoms with Gasteiger partial charge in [0, 0.05) is 0 Å². The van der Waals surface area contributed by atoms with Gasteiger partial charge >= 0.3 is 5.71 Å². The molecule has 14 heavy (non-hydrogen) atoms. The third-order valence-electron chi connectivity index (χ3n) is 2.45. The monoisotopic (exact) mass is 206 g/mol. The number of Topliss-reactive ketones (excluding diaryl/α,β-unsaturated/α-hetero) is 1. The van der Waals surface area contributed by atoms with Crippen molar-refractivity contribution >= 4 is 23.1 Å². The van der Waals surface area contributed by atoms with Crippen LogP contribution in [-0.2, 0) is 6.42 Å². The summed E-state index contributed by atoms with van der Waals surface area (Å²) in [4.78, 5) is 14.6. The van der Waals surface area contributed by atoms with Gasteiger partial charge in [-0.05, 0) is 24.1 Å². The first kappa shape index (κ1) is 9.13. The summed E-state index contributed by atoms with van der Waals surface area (Å²) >= 11 is 5.90. The maximum absolute atomic E-state index is 11.6. The number of aryl methyl sites for hydroxylation is 1. The third kappa shape index (κ3) is 1.10. The molecule has 0 aliphatic heterocycles. The van der Waals surface area contributed by atoms with Gasteiger partial charge in [0.25, 0.3) is 5.78 Å². The van der Waals surface area contributed by atoms with Gasteiger partial charge in [0.05, 0.1) is 17.0 Å². The second kappa shape index (κ2) is 3.05. The molecule has 0 atom stereocenters. The summed E-state index contributed by atoms with van der Waals surface area (Å²) in [7, 11) is 0. The van der Waals surface area contributed by atoms with E-state index in [9.17, 15) is 4.79 Å². The zero-order valence-corrected chi connectivity index (χ0v) is 8.30. The molecule has 0 spiro atoms. The Balaban J connectivity index is 2.76. The van der Waals surface area contributed by atoms with Gasteiger partial charge < -0.3 is 5.53 Å². The predicted octanol–water partition coefficient (Wildman–Crippen LogP) is 2.06. The smallest absolute Gasteiger partial charge is 0.343 e. The van der Waals surface area contributed by atoms with Gasteiger partial charge in [0.2, 0.25) is 0 Å². The maximum atomic E-state index is 11.6. The van der Waals surface area contributed by atoms with Crippen LogP contribution in [0, 0.1) is 6.92 Å². The van der Waals surface area contributed by atoms with Crippen LogP contribution in [0.15, 0.2) is 12.1 Å². The van der Waals surface area contributed by atoms with E-state index in [1.165, 1.54) is 0 Å². The first-order valence-electron chi connectivity index (χ1n) is 4.18. The quantitative estimate of drug-likeness (QED) is 0.474. The highest BCUT2D eigenvalue weighted by Gasteiger charge is 2.35. The van der Waals surface area contributed by atoms with Crippen LogP contribution in [0.5, 0.6) is 0 Å². The van der Waals surface area contributed by atoms with Gasteiger partial charge in [-0.25, -0.2) is 0 Å². The molecule has 1 aromatic carbocycles. The van der Waals surface area contributed by atoms with Crippen molar-refractivity contribution in [2.75, 3.05) is 0 Å². The van der Waals surface area contributed by atoms with Crippen LogP contribution in [-0.4, -0.2) is 16.3 Å².